The lowest BCUT2D eigenvalue weighted by Gasteiger charge is -2.08. The second-order valence-corrected chi connectivity index (χ2v) is 6.23. The summed E-state index contributed by atoms with van der Waals surface area (Å²) in [6, 6.07) is 15.2. The first-order valence-corrected chi connectivity index (χ1v) is 8.02. The number of carbonyl (C=O) groups is 1. The molecule has 2 N–H and O–H groups in total. The first kappa shape index (κ1) is 15.1. The summed E-state index contributed by atoms with van der Waals surface area (Å²) >= 11 is 0. The van der Waals surface area contributed by atoms with Gasteiger partial charge in [-0.15, -0.1) is 0 Å². The van der Waals surface area contributed by atoms with Gasteiger partial charge in [0, 0.05) is 18.3 Å². The maximum Gasteiger partial charge on any atom is 0.251 e. The third-order valence-electron chi connectivity index (χ3n) is 2.85. The van der Waals surface area contributed by atoms with Gasteiger partial charge >= 0.3 is 0 Å². The van der Waals surface area contributed by atoms with E-state index in [1.807, 2.05) is 6.07 Å². The summed E-state index contributed by atoms with van der Waals surface area (Å²) in [5, 5.41) is 2.50. The molecule has 0 radical (unpaired) electrons. The molecule has 0 heterocycles. The second kappa shape index (κ2) is 6.41. The molecular formula is C15H16N2O3S. The lowest BCUT2D eigenvalue weighted by atomic mass is 10.2. The van der Waals surface area contributed by atoms with Crippen molar-refractivity contribution in [3.63, 3.8) is 0 Å². The molecule has 110 valence electrons. The average molecular weight is 304 g/mol. The molecule has 0 atom stereocenters. The Hall–Kier alpha value is -2.34. The van der Waals surface area contributed by atoms with Crippen LogP contribution >= 0.6 is 0 Å². The summed E-state index contributed by atoms with van der Waals surface area (Å²) in [5.41, 5.74) is 1.62. The van der Waals surface area contributed by atoms with Crippen LogP contribution in [0.2, 0.25) is 0 Å². The zero-order chi connectivity index (χ0) is 15.3. The minimum atomic E-state index is -3.48. The molecule has 0 saturated carbocycles. The van der Waals surface area contributed by atoms with Crippen molar-refractivity contribution in [3.05, 3.63) is 65.7 Å². The molecule has 0 aromatic heterocycles. The molecule has 5 nitrogen and oxygen atoms in total. The number of benzene rings is 2. The lowest BCUT2D eigenvalue weighted by molar-refractivity contribution is 0.0963. The van der Waals surface area contributed by atoms with Crippen LogP contribution in [0.5, 0.6) is 0 Å². The quantitative estimate of drug-likeness (QED) is 0.887. The Morgan fingerprint density at radius 3 is 2.19 bits per heavy atom. The third kappa shape index (κ3) is 4.32. The molecular weight excluding hydrogens is 288 g/mol. The number of sulfonamides is 1. The Kier molecular flexibility index (Phi) is 4.59. The van der Waals surface area contributed by atoms with Crippen LogP contribution in [0.25, 0.3) is 0 Å². The van der Waals surface area contributed by atoms with Crippen LogP contribution in [-0.4, -0.2) is 21.4 Å². The number of hydrogen-bond donors (Lipinski definition) is 2. The molecule has 1 amide bonds. The maximum absolute atomic E-state index is 12.1. The van der Waals surface area contributed by atoms with E-state index in [0.29, 0.717) is 16.8 Å². The van der Waals surface area contributed by atoms with Crippen molar-refractivity contribution in [3.8, 4) is 0 Å². The highest BCUT2D eigenvalue weighted by atomic mass is 32.2. The highest BCUT2D eigenvalue weighted by Crippen LogP contribution is 2.14. The molecule has 2 aromatic rings. The smallest absolute Gasteiger partial charge is 0.251 e. The average Bonchev–Trinajstić information content (AvgIpc) is 2.47. The molecule has 0 unspecified atom stereocenters. The largest absolute Gasteiger partial charge is 0.355 e. The van der Waals surface area contributed by atoms with E-state index in [4.69, 9.17) is 0 Å². The van der Waals surface area contributed by atoms with Gasteiger partial charge in [-0.1, -0.05) is 30.3 Å². The fourth-order valence-electron chi connectivity index (χ4n) is 1.84. The molecule has 0 aliphatic rings. The lowest BCUT2D eigenvalue weighted by Crippen LogP contribution is -2.18. The number of hydrogen-bond acceptors (Lipinski definition) is 3. The van der Waals surface area contributed by atoms with Crippen LogP contribution in [0.1, 0.15) is 15.9 Å². The van der Waals surface area contributed by atoms with Gasteiger partial charge in [0.25, 0.3) is 5.91 Å². The molecule has 2 rings (SSSR count). The molecule has 6 heteroatoms. The van der Waals surface area contributed by atoms with Crippen molar-refractivity contribution in [2.45, 2.75) is 5.75 Å². The molecule has 21 heavy (non-hydrogen) atoms. The zero-order valence-corrected chi connectivity index (χ0v) is 12.4. The minimum Gasteiger partial charge on any atom is -0.355 e. The van der Waals surface area contributed by atoms with Crippen LogP contribution in [-0.2, 0) is 15.8 Å². The predicted molar refractivity (Wildman–Crippen MR) is 82.5 cm³/mol. The number of amides is 1. The topological polar surface area (TPSA) is 75.3 Å². The molecule has 0 spiro atoms. The first-order chi connectivity index (χ1) is 10.00. The molecule has 2 aromatic carbocycles. The van der Waals surface area contributed by atoms with Crippen molar-refractivity contribution in [1.82, 2.24) is 5.32 Å². The maximum atomic E-state index is 12.1. The Morgan fingerprint density at radius 1 is 1.00 bits per heavy atom. The van der Waals surface area contributed by atoms with Crippen LogP contribution in [0.15, 0.2) is 54.6 Å². The highest BCUT2D eigenvalue weighted by molar-refractivity contribution is 7.91. The van der Waals surface area contributed by atoms with E-state index in [1.165, 1.54) is 0 Å². The van der Waals surface area contributed by atoms with Crippen LogP contribution in [0.4, 0.5) is 5.69 Å². The van der Waals surface area contributed by atoms with Crippen molar-refractivity contribution in [2.24, 2.45) is 0 Å². The number of rotatable bonds is 5. The second-order valence-electron chi connectivity index (χ2n) is 4.50. The summed E-state index contributed by atoms with van der Waals surface area (Å²) in [4.78, 5) is 11.4. The van der Waals surface area contributed by atoms with Crippen molar-refractivity contribution in [2.75, 3.05) is 11.8 Å². The van der Waals surface area contributed by atoms with Crippen molar-refractivity contribution in [1.29, 1.82) is 0 Å². The summed E-state index contributed by atoms with van der Waals surface area (Å²) in [7, 11) is -1.94. The Morgan fingerprint density at radius 2 is 1.62 bits per heavy atom. The summed E-state index contributed by atoms with van der Waals surface area (Å²) < 4.78 is 26.6. The van der Waals surface area contributed by atoms with Crippen LogP contribution in [0.3, 0.4) is 0 Å². The van der Waals surface area contributed by atoms with Gasteiger partial charge in [0.15, 0.2) is 0 Å². The summed E-state index contributed by atoms with van der Waals surface area (Å²) in [6.07, 6.45) is 0. The van der Waals surface area contributed by atoms with Gasteiger partial charge in [0.05, 0.1) is 5.75 Å². The summed E-state index contributed by atoms with van der Waals surface area (Å²) in [5.74, 6) is -0.306. The van der Waals surface area contributed by atoms with Crippen molar-refractivity contribution >= 4 is 21.6 Å². The van der Waals surface area contributed by atoms with E-state index in [0.717, 1.165) is 0 Å². The minimum absolute atomic E-state index is 0.0922. The Labute approximate surface area is 124 Å². The molecule has 0 bridgehead atoms. The standard InChI is InChI=1S/C15H16N2O3S/c1-16-15(18)13-7-9-14(10-8-13)17-21(19,20)11-12-5-3-2-4-6-12/h2-10,17H,11H2,1H3,(H,16,18). The zero-order valence-electron chi connectivity index (χ0n) is 11.5. The third-order valence-corrected chi connectivity index (χ3v) is 4.11. The van der Waals surface area contributed by atoms with E-state index in [1.54, 1.807) is 55.6 Å². The summed E-state index contributed by atoms with van der Waals surface area (Å²) in [6.45, 7) is 0. The molecule has 0 aliphatic carbocycles. The van der Waals surface area contributed by atoms with Gasteiger partial charge in [-0.3, -0.25) is 9.52 Å². The van der Waals surface area contributed by atoms with Gasteiger partial charge < -0.3 is 5.32 Å². The van der Waals surface area contributed by atoms with Crippen LogP contribution < -0.4 is 10.0 Å². The van der Waals surface area contributed by atoms with E-state index in [-0.39, 0.29) is 11.7 Å². The predicted octanol–water partition coefficient (Wildman–Crippen LogP) is 1.99. The highest BCUT2D eigenvalue weighted by Gasteiger charge is 2.12. The fraction of sp³-hybridized carbons (Fsp3) is 0.133. The molecule has 0 fully saturated rings. The Balaban J connectivity index is 2.08. The van der Waals surface area contributed by atoms with Crippen molar-refractivity contribution < 1.29 is 13.2 Å². The monoisotopic (exact) mass is 304 g/mol. The van der Waals surface area contributed by atoms with Gasteiger partial charge in [0.1, 0.15) is 0 Å². The SMILES string of the molecule is CNC(=O)c1ccc(NS(=O)(=O)Cc2ccccc2)cc1. The fourth-order valence-corrected chi connectivity index (χ4v) is 3.04. The van der Waals surface area contributed by atoms with E-state index >= 15 is 0 Å². The van der Waals surface area contributed by atoms with Gasteiger partial charge in [0.2, 0.25) is 10.0 Å². The normalized spacial score (nSPS) is 10.9. The van der Waals surface area contributed by atoms with Gasteiger partial charge in [-0.05, 0) is 29.8 Å². The number of nitrogens with one attached hydrogen (secondary N) is 2. The molecule has 0 aliphatic heterocycles. The first-order valence-electron chi connectivity index (χ1n) is 6.37. The Bertz CT molecular complexity index is 710. The van der Waals surface area contributed by atoms with Gasteiger partial charge in [-0.25, -0.2) is 8.42 Å². The van der Waals surface area contributed by atoms with E-state index in [9.17, 15) is 13.2 Å². The number of carbonyl (C=O) groups excluding carboxylic acids is 1. The van der Waals surface area contributed by atoms with E-state index < -0.39 is 10.0 Å². The van der Waals surface area contributed by atoms with Gasteiger partial charge in [-0.2, -0.15) is 0 Å². The molecule has 0 saturated heterocycles. The van der Waals surface area contributed by atoms with E-state index in [2.05, 4.69) is 10.0 Å². The number of anilines is 1. The van der Waals surface area contributed by atoms with Crippen LogP contribution in [0, 0.1) is 0 Å².